The quantitative estimate of drug-likeness (QED) is 0.609. The summed E-state index contributed by atoms with van der Waals surface area (Å²) in [6, 6.07) is 0.416. The van der Waals surface area contributed by atoms with Gasteiger partial charge >= 0.3 is 0 Å². The third-order valence-electron chi connectivity index (χ3n) is 3.15. The highest BCUT2D eigenvalue weighted by Crippen LogP contribution is 2.22. The zero-order chi connectivity index (χ0) is 10.4. The van der Waals surface area contributed by atoms with Crippen LogP contribution < -0.4 is 0 Å². The molecule has 0 heterocycles. The third kappa shape index (κ3) is 3.87. The summed E-state index contributed by atoms with van der Waals surface area (Å²) in [4.78, 5) is 2.34. The van der Waals surface area contributed by atoms with Crippen LogP contribution in [-0.4, -0.2) is 41.1 Å². The van der Waals surface area contributed by atoms with E-state index >= 15 is 0 Å². The summed E-state index contributed by atoms with van der Waals surface area (Å²) < 4.78 is 0. The highest BCUT2D eigenvalue weighted by molar-refractivity contribution is 9.09. The molecule has 3 heteroatoms. The second-order valence-corrected chi connectivity index (χ2v) is 5.09. The second-order valence-electron chi connectivity index (χ2n) is 4.30. The lowest BCUT2D eigenvalue weighted by Crippen LogP contribution is -2.43. The van der Waals surface area contributed by atoms with Gasteiger partial charge in [0.2, 0.25) is 0 Å². The smallest absolute Gasteiger partial charge is 0.0695 e. The number of hydrogen-bond donors (Lipinski definition) is 1. The zero-order valence-electron chi connectivity index (χ0n) is 9.08. The Morgan fingerprint density at radius 2 is 2.00 bits per heavy atom. The van der Waals surface area contributed by atoms with Crippen LogP contribution in [0.5, 0.6) is 0 Å². The molecular formula is C11H22BrNO. The molecule has 0 amide bonds. The summed E-state index contributed by atoms with van der Waals surface area (Å²) in [7, 11) is 2.15. The zero-order valence-corrected chi connectivity index (χ0v) is 10.7. The summed E-state index contributed by atoms with van der Waals surface area (Å²) >= 11 is 3.44. The maximum absolute atomic E-state index is 9.84. The number of hydrogen-bond acceptors (Lipinski definition) is 2. The Balaban J connectivity index is 2.23. The van der Waals surface area contributed by atoms with Gasteiger partial charge in [-0.2, -0.15) is 0 Å². The molecule has 1 saturated carbocycles. The van der Waals surface area contributed by atoms with Crippen molar-refractivity contribution in [2.75, 3.05) is 18.9 Å². The fourth-order valence-electron chi connectivity index (χ4n) is 2.23. The molecule has 0 bridgehead atoms. The summed E-state index contributed by atoms with van der Waals surface area (Å²) in [5.74, 6) is 0. The standard InChI is InChI=1S/C11H22BrNO/c1-13(9-5-4-8-12)10-6-2-3-7-11(10)14/h10-11,14H,2-9H2,1H3. The molecule has 1 aliphatic carbocycles. The monoisotopic (exact) mass is 263 g/mol. The lowest BCUT2D eigenvalue weighted by molar-refractivity contribution is 0.0318. The number of nitrogens with zero attached hydrogens (tertiary/aromatic N) is 1. The molecule has 0 aromatic rings. The van der Waals surface area contributed by atoms with Crippen LogP contribution in [0.1, 0.15) is 38.5 Å². The van der Waals surface area contributed by atoms with Gasteiger partial charge in [0.05, 0.1) is 6.10 Å². The van der Waals surface area contributed by atoms with E-state index < -0.39 is 0 Å². The Bertz CT molecular complexity index is 154. The van der Waals surface area contributed by atoms with Gasteiger partial charge < -0.3 is 10.0 Å². The Kier molecular flexibility index (Phi) is 6.06. The number of halogens is 1. The van der Waals surface area contributed by atoms with Crippen LogP contribution in [0.2, 0.25) is 0 Å². The number of rotatable bonds is 5. The minimum absolute atomic E-state index is 0.0854. The first-order valence-corrected chi connectivity index (χ1v) is 6.82. The lowest BCUT2D eigenvalue weighted by Gasteiger charge is -2.35. The van der Waals surface area contributed by atoms with Gasteiger partial charge in [0.25, 0.3) is 0 Å². The minimum Gasteiger partial charge on any atom is -0.391 e. The summed E-state index contributed by atoms with van der Waals surface area (Å²) in [5.41, 5.74) is 0. The predicted molar refractivity (Wildman–Crippen MR) is 63.9 cm³/mol. The molecule has 0 radical (unpaired) electrons. The minimum atomic E-state index is -0.0854. The van der Waals surface area contributed by atoms with Crippen LogP contribution in [0, 0.1) is 0 Å². The van der Waals surface area contributed by atoms with Gasteiger partial charge in [0.15, 0.2) is 0 Å². The number of likely N-dealkylation sites (N-methyl/N-ethyl adjacent to an activating group) is 1. The largest absolute Gasteiger partial charge is 0.391 e. The van der Waals surface area contributed by atoms with Crippen molar-refractivity contribution in [2.24, 2.45) is 0 Å². The van der Waals surface area contributed by atoms with Crippen LogP contribution in [0.15, 0.2) is 0 Å². The highest BCUT2D eigenvalue weighted by Gasteiger charge is 2.25. The van der Waals surface area contributed by atoms with Crippen LogP contribution >= 0.6 is 15.9 Å². The van der Waals surface area contributed by atoms with E-state index in [1.165, 1.54) is 32.1 Å². The van der Waals surface area contributed by atoms with Crippen LogP contribution in [0.4, 0.5) is 0 Å². The molecule has 0 aromatic heterocycles. The van der Waals surface area contributed by atoms with Gasteiger partial charge in [-0.3, -0.25) is 0 Å². The Morgan fingerprint density at radius 1 is 1.29 bits per heavy atom. The molecule has 84 valence electrons. The molecule has 0 aliphatic heterocycles. The van der Waals surface area contributed by atoms with E-state index in [4.69, 9.17) is 0 Å². The summed E-state index contributed by atoms with van der Waals surface area (Å²) in [5, 5.41) is 10.9. The lowest BCUT2D eigenvalue weighted by atomic mass is 9.91. The van der Waals surface area contributed by atoms with Crippen molar-refractivity contribution in [3.8, 4) is 0 Å². The van der Waals surface area contributed by atoms with Gasteiger partial charge in [-0.05, 0) is 39.3 Å². The molecule has 14 heavy (non-hydrogen) atoms. The van der Waals surface area contributed by atoms with Crippen molar-refractivity contribution < 1.29 is 5.11 Å². The van der Waals surface area contributed by atoms with Gasteiger partial charge in [-0.25, -0.2) is 0 Å². The molecule has 0 saturated heterocycles. The summed E-state index contributed by atoms with van der Waals surface area (Å²) in [6.07, 6.45) is 7.02. The van der Waals surface area contributed by atoms with E-state index in [-0.39, 0.29) is 6.10 Å². The first-order chi connectivity index (χ1) is 6.75. The molecule has 2 atom stereocenters. The number of aliphatic hydroxyl groups is 1. The molecule has 0 aromatic carbocycles. The first kappa shape index (κ1) is 12.5. The van der Waals surface area contributed by atoms with E-state index in [0.717, 1.165) is 18.3 Å². The number of aliphatic hydroxyl groups excluding tert-OH is 1. The van der Waals surface area contributed by atoms with E-state index in [1.54, 1.807) is 0 Å². The van der Waals surface area contributed by atoms with Gasteiger partial charge in [-0.15, -0.1) is 0 Å². The maximum atomic E-state index is 9.84. The average Bonchev–Trinajstić information content (AvgIpc) is 2.18. The molecule has 1 aliphatic rings. The van der Waals surface area contributed by atoms with Crippen molar-refractivity contribution in [1.82, 2.24) is 4.90 Å². The molecule has 1 fully saturated rings. The Labute approximate surface area is 95.8 Å². The normalized spacial score (nSPS) is 28.3. The molecule has 2 nitrogen and oxygen atoms in total. The molecule has 1 rings (SSSR count). The third-order valence-corrected chi connectivity index (χ3v) is 3.72. The van der Waals surface area contributed by atoms with Crippen molar-refractivity contribution in [3.05, 3.63) is 0 Å². The molecule has 0 spiro atoms. The van der Waals surface area contributed by atoms with Gasteiger partial charge in [0.1, 0.15) is 0 Å². The van der Waals surface area contributed by atoms with Crippen molar-refractivity contribution in [2.45, 2.75) is 50.7 Å². The topological polar surface area (TPSA) is 23.5 Å². The van der Waals surface area contributed by atoms with E-state index in [2.05, 4.69) is 27.9 Å². The number of unbranched alkanes of at least 4 members (excludes halogenated alkanes) is 1. The van der Waals surface area contributed by atoms with E-state index in [9.17, 15) is 5.11 Å². The van der Waals surface area contributed by atoms with Crippen molar-refractivity contribution in [1.29, 1.82) is 0 Å². The fraction of sp³-hybridized carbons (Fsp3) is 1.00. The van der Waals surface area contributed by atoms with Gasteiger partial charge in [0, 0.05) is 11.4 Å². The Hall–Kier alpha value is 0.400. The molecule has 2 unspecified atom stereocenters. The predicted octanol–water partition coefficient (Wildman–Crippen LogP) is 2.40. The number of alkyl halides is 1. The van der Waals surface area contributed by atoms with Crippen LogP contribution in [0.3, 0.4) is 0 Å². The van der Waals surface area contributed by atoms with E-state index in [1.807, 2.05) is 0 Å². The average molecular weight is 264 g/mol. The summed E-state index contributed by atoms with van der Waals surface area (Å²) in [6.45, 7) is 1.12. The van der Waals surface area contributed by atoms with Crippen LogP contribution in [0.25, 0.3) is 0 Å². The Morgan fingerprint density at radius 3 is 2.64 bits per heavy atom. The second kappa shape index (κ2) is 6.81. The van der Waals surface area contributed by atoms with Crippen molar-refractivity contribution >= 4 is 15.9 Å². The molecular weight excluding hydrogens is 242 g/mol. The molecule has 1 N–H and O–H groups in total. The fourth-order valence-corrected chi connectivity index (χ4v) is 2.62. The maximum Gasteiger partial charge on any atom is 0.0695 e. The van der Waals surface area contributed by atoms with Crippen molar-refractivity contribution in [3.63, 3.8) is 0 Å². The van der Waals surface area contributed by atoms with E-state index in [0.29, 0.717) is 6.04 Å². The highest BCUT2D eigenvalue weighted by atomic mass is 79.9. The SMILES string of the molecule is CN(CCCCBr)C1CCCCC1O. The first-order valence-electron chi connectivity index (χ1n) is 5.70. The van der Waals surface area contributed by atoms with Gasteiger partial charge in [-0.1, -0.05) is 28.8 Å². The van der Waals surface area contributed by atoms with Crippen LogP contribution in [-0.2, 0) is 0 Å².